The first-order valence-corrected chi connectivity index (χ1v) is 8.42. The number of methoxy groups -OCH3 is 3. The Morgan fingerprint density at radius 3 is 2.21 bits per heavy atom. The number of carbonyl (C=O) groups excluding carboxylic acids is 2. The number of rotatable bonds is 8. The van der Waals surface area contributed by atoms with Gasteiger partial charge in [-0.3, -0.25) is 9.59 Å². The normalized spacial score (nSPS) is 11.3. The molecular formula is C20H22FNO6. The van der Waals surface area contributed by atoms with Gasteiger partial charge in [-0.2, -0.15) is 0 Å². The molecule has 1 amide bonds. The van der Waals surface area contributed by atoms with Crippen molar-refractivity contribution in [3.63, 3.8) is 0 Å². The number of amides is 1. The minimum atomic E-state index is -1.04. The van der Waals surface area contributed by atoms with Crippen molar-refractivity contribution in [1.82, 2.24) is 0 Å². The molecule has 0 aromatic heterocycles. The second-order valence-electron chi connectivity index (χ2n) is 5.84. The van der Waals surface area contributed by atoms with Crippen LogP contribution in [0.2, 0.25) is 0 Å². The fourth-order valence-electron chi connectivity index (χ4n) is 2.44. The Kier molecular flexibility index (Phi) is 7.20. The summed E-state index contributed by atoms with van der Waals surface area (Å²) < 4.78 is 34.0. The number of nitrogens with one attached hydrogen (secondary N) is 1. The number of esters is 1. The summed E-state index contributed by atoms with van der Waals surface area (Å²) in [7, 11) is 4.34. The van der Waals surface area contributed by atoms with Crippen LogP contribution in [-0.2, 0) is 20.7 Å². The van der Waals surface area contributed by atoms with E-state index in [0.717, 1.165) is 0 Å². The summed E-state index contributed by atoms with van der Waals surface area (Å²) in [6, 6.07) is 9.03. The van der Waals surface area contributed by atoms with Gasteiger partial charge >= 0.3 is 5.97 Å². The Labute approximate surface area is 162 Å². The first-order chi connectivity index (χ1) is 13.4. The Morgan fingerprint density at radius 2 is 1.61 bits per heavy atom. The van der Waals surface area contributed by atoms with Gasteiger partial charge in [0, 0.05) is 11.8 Å². The van der Waals surface area contributed by atoms with Crippen LogP contribution in [0.25, 0.3) is 0 Å². The zero-order valence-electron chi connectivity index (χ0n) is 16.1. The zero-order chi connectivity index (χ0) is 20.7. The highest BCUT2D eigenvalue weighted by Crippen LogP contribution is 2.29. The van der Waals surface area contributed by atoms with Crippen molar-refractivity contribution in [1.29, 1.82) is 0 Å². The van der Waals surface area contributed by atoms with E-state index in [1.807, 2.05) is 0 Å². The number of anilines is 1. The largest absolute Gasteiger partial charge is 0.494 e. The van der Waals surface area contributed by atoms with E-state index in [-0.39, 0.29) is 12.2 Å². The first kappa shape index (κ1) is 21.0. The third kappa shape index (κ3) is 5.35. The third-order valence-corrected chi connectivity index (χ3v) is 3.89. The van der Waals surface area contributed by atoms with Gasteiger partial charge < -0.3 is 24.3 Å². The van der Waals surface area contributed by atoms with Gasteiger partial charge in [0.15, 0.2) is 29.2 Å². The van der Waals surface area contributed by atoms with Crippen molar-refractivity contribution in [3.05, 3.63) is 47.8 Å². The van der Waals surface area contributed by atoms with Crippen LogP contribution in [0.4, 0.5) is 10.1 Å². The second kappa shape index (κ2) is 9.59. The standard InChI is InChI=1S/C20H22FNO6/c1-12(20(24)22-14-6-8-17(26-3)18(11-14)27-4)28-19(23)10-13-5-7-16(25-2)15(21)9-13/h5-9,11-12H,10H2,1-4H3,(H,22,24)/t12-/m1/s1. The highest BCUT2D eigenvalue weighted by Gasteiger charge is 2.19. The van der Waals surface area contributed by atoms with E-state index >= 15 is 0 Å². The van der Waals surface area contributed by atoms with Crippen LogP contribution in [0.5, 0.6) is 17.2 Å². The summed E-state index contributed by atoms with van der Waals surface area (Å²) in [5, 5.41) is 2.63. The topological polar surface area (TPSA) is 83.1 Å². The van der Waals surface area contributed by atoms with Crippen molar-refractivity contribution in [2.24, 2.45) is 0 Å². The van der Waals surface area contributed by atoms with Crippen LogP contribution in [0.1, 0.15) is 12.5 Å². The smallest absolute Gasteiger partial charge is 0.311 e. The molecule has 0 aliphatic carbocycles. The summed E-state index contributed by atoms with van der Waals surface area (Å²) >= 11 is 0. The SMILES string of the molecule is COc1ccc(CC(=O)O[C@H](C)C(=O)Nc2ccc(OC)c(OC)c2)cc1F. The molecule has 0 saturated heterocycles. The molecule has 1 atom stereocenters. The molecule has 0 heterocycles. The zero-order valence-corrected chi connectivity index (χ0v) is 16.1. The minimum absolute atomic E-state index is 0.0831. The van der Waals surface area contributed by atoms with E-state index in [1.54, 1.807) is 24.3 Å². The maximum atomic E-state index is 13.7. The highest BCUT2D eigenvalue weighted by atomic mass is 19.1. The average Bonchev–Trinajstić information content (AvgIpc) is 2.67. The quantitative estimate of drug-likeness (QED) is 0.697. The summed E-state index contributed by atoms with van der Waals surface area (Å²) in [6.45, 7) is 1.45. The van der Waals surface area contributed by atoms with E-state index in [4.69, 9.17) is 18.9 Å². The van der Waals surface area contributed by atoms with Gasteiger partial charge in [0.05, 0.1) is 27.8 Å². The van der Waals surface area contributed by atoms with Crippen LogP contribution >= 0.6 is 0 Å². The molecular weight excluding hydrogens is 369 g/mol. The Bertz CT molecular complexity index is 855. The molecule has 2 rings (SSSR count). The molecule has 150 valence electrons. The fourth-order valence-corrected chi connectivity index (χ4v) is 2.44. The Balaban J connectivity index is 1.94. The van der Waals surface area contributed by atoms with Crippen molar-refractivity contribution < 1.29 is 32.9 Å². The van der Waals surface area contributed by atoms with Crippen LogP contribution in [0, 0.1) is 5.82 Å². The van der Waals surface area contributed by atoms with E-state index in [2.05, 4.69) is 5.32 Å². The predicted octanol–water partition coefficient (Wildman–Crippen LogP) is 2.96. The fraction of sp³-hybridized carbons (Fsp3) is 0.300. The van der Waals surface area contributed by atoms with Gasteiger partial charge in [-0.05, 0) is 36.8 Å². The molecule has 8 heteroatoms. The van der Waals surface area contributed by atoms with Crippen LogP contribution in [0.15, 0.2) is 36.4 Å². The summed E-state index contributed by atoms with van der Waals surface area (Å²) in [6.07, 6.45) is -1.21. The van der Waals surface area contributed by atoms with Crippen LogP contribution in [-0.4, -0.2) is 39.3 Å². The maximum absolute atomic E-state index is 13.7. The molecule has 0 aliphatic rings. The van der Waals surface area contributed by atoms with Crippen molar-refractivity contribution in [2.45, 2.75) is 19.4 Å². The second-order valence-corrected chi connectivity index (χ2v) is 5.84. The molecule has 0 fully saturated rings. The molecule has 0 unspecified atom stereocenters. The molecule has 0 aliphatic heterocycles. The Morgan fingerprint density at radius 1 is 0.964 bits per heavy atom. The molecule has 1 N–H and O–H groups in total. The molecule has 0 bridgehead atoms. The highest BCUT2D eigenvalue weighted by molar-refractivity contribution is 5.95. The van der Waals surface area contributed by atoms with Gasteiger partial charge in [0.2, 0.25) is 0 Å². The van der Waals surface area contributed by atoms with Gasteiger partial charge in [0.25, 0.3) is 5.91 Å². The molecule has 0 radical (unpaired) electrons. The number of benzene rings is 2. The number of halogens is 1. The van der Waals surface area contributed by atoms with Crippen LogP contribution < -0.4 is 19.5 Å². The summed E-state index contributed by atoms with van der Waals surface area (Å²) in [5.41, 5.74) is 0.874. The third-order valence-electron chi connectivity index (χ3n) is 3.89. The first-order valence-electron chi connectivity index (χ1n) is 8.42. The molecule has 0 spiro atoms. The van der Waals surface area contributed by atoms with E-state index in [0.29, 0.717) is 22.7 Å². The predicted molar refractivity (Wildman–Crippen MR) is 100 cm³/mol. The lowest BCUT2D eigenvalue weighted by Crippen LogP contribution is -2.30. The van der Waals surface area contributed by atoms with Gasteiger partial charge in [-0.15, -0.1) is 0 Å². The summed E-state index contributed by atoms with van der Waals surface area (Å²) in [4.78, 5) is 24.3. The molecule has 2 aromatic rings. The Hall–Kier alpha value is -3.29. The van der Waals surface area contributed by atoms with E-state index in [1.165, 1.54) is 40.4 Å². The van der Waals surface area contributed by atoms with E-state index < -0.39 is 23.8 Å². The number of ether oxygens (including phenoxy) is 4. The lowest BCUT2D eigenvalue weighted by atomic mass is 10.1. The van der Waals surface area contributed by atoms with Gasteiger partial charge in [-0.1, -0.05) is 6.07 Å². The molecule has 2 aromatic carbocycles. The maximum Gasteiger partial charge on any atom is 0.311 e. The van der Waals surface area contributed by atoms with Gasteiger partial charge in [-0.25, -0.2) is 4.39 Å². The minimum Gasteiger partial charge on any atom is -0.494 e. The lowest BCUT2D eigenvalue weighted by molar-refractivity contribution is -0.152. The van der Waals surface area contributed by atoms with E-state index in [9.17, 15) is 14.0 Å². The average molecular weight is 391 g/mol. The summed E-state index contributed by atoms with van der Waals surface area (Å²) in [5.74, 6) is -0.689. The lowest BCUT2D eigenvalue weighted by Gasteiger charge is -2.15. The number of hydrogen-bond donors (Lipinski definition) is 1. The monoisotopic (exact) mass is 391 g/mol. The van der Waals surface area contributed by atoms with Crippen molar-refractivity contribution >= 4 is 17.6 Å². The molecule has 28 heavy (non-hydrogen) atoms. The number of carbonyl (C=O) groups is 2. The molecule has 0 saturated carbocycles. The molecule has 7 nitrogen and oxygen atoms in total. The van der Waals surface area contributed by atoms with Crippen molar-refractivity contribution in [3.8, 4) is 17.2 Å². The van der Waals surface area contributed by atoms with Crippen molar-refractivity contribution in [2.75, 3.05) is 26.6 Å². The van der Waals surface area contributed by atoms with Crippen LogP contribution in [0.3, 0.4) is 0 Å². The number of hydrogen-bond acceptors (Lipinski definition) is 6. The van der Waals surface area contributed by atoms with Gasteiger partial charge in [0.1, 0.15) is 0 Å².